The van der Waals surface area contributed by atoms with Gasteiger partial charge in [0.25, 0.3) is 5.91 Å². The average molecular weight is 578 g/mol. The van der Waals surface area contributed by atoms with E-state index in [2.05, 4.69) is 40.9 Å². The van der Waals surface area contributed by atoms with Gasteiger partial charge in [0.2, 0.25) is 0 Å². The second kappa shape index (κ2) is 10.3. The summed E-state index contributed by atoms with van der Waals surface area (Å²) in [6.45, 7) is 11.3. The Hall–Kier alpha value is -2.17. The largest absolute Gasteiger partial charge is 0.489 e. The summed E-state index contributed by atoms with van der Waals surface area (Å²) >= 11 is 13.4. The molecule has 0 saturated carbocycles. The number of benzene rings is 1. The summed E-state index contributed by atoms with van der Waals surface area (Å²) in [5, 5.41) is 3.65. The van der Waals surface area contributed by atoms with Crippen molar-refractivity contribution in [1.82, 2.24) is 25.0 Å². The maximum Gasteiger partial charge on any atom is 0.261 e. The molecular formula is C28H35Cl2FN6O2. The number of ether oxygens (including phenoxy) is 1. The molecular weight excluding hydrogens is 542 g/mol. The quantitative estimate of drug-likeness (QED) is 0.599. The van der Waals surface area contributed by atoms with Crippen molar-refractivity contribution in [1.29, 1.82) is 0 Å². The van der Waals surface area contributed by atoms with E-state index in [4.69, 9.17) is 32.9 Å². The summed E-state index contributed by atoms with van der Waals surface area (Å²) in [5.41, 5.74) is 0.348. The monoisotopic (exact) mass is 576 g/mol. The molecule has 1 amide bonds. The van der Waals surface area contributed by atoms with Gasteiger partial charge in [-0.1, -0.05) is 29.3 Å². The summed E-state index contributed by atoms with van der Waals surface area (Å²) < 4.78 is 21.5. The second-order valence-corrected chi connectivity index (χ2v) is 12.5. The van der Waals surface area contributed by atoms with Crippen molar-refractivity contribution in [2.24, 2.45) is 0 Å². The number of fused-ring (bicyclic) bond motifs is 2. The van der Waals surface area contributed by atoms with Crippen molar-refractivity contribution < 1.29 is 13.9 Å². The first-order valence-corrected chi connectivity index (χ1v) is 14.4. The molecule has 1 aromatic carbocycles. The molecule has 4 aliphatic rings. The summed E-state index contributed by atoms with van der Waals surface area (Å²) in [4.78, 5) is 28.1. The lowest BCUT2D eigenvalue weighted by atomic mass is 9.98. The first-order chi connectivity index (χ1) is 18.7. The predicted octanol–water partition coefficient (Wildman–Crippen LogP) is 3.61. The van der Waals surface area contributed by atoms with Gasteiger partial charge in [-0.15, -0.1) is 0 Å². The molecule has 0 bridgehead atoms. The average Bonchev–Trinajstić information content (AvgIpc) is 3.14. The van der Waals surface area contributed by atoms with Crippen LogP contribution in [0.25, 0.3) is 11.3 Å². The van der Waals surface area contributed by atoms with Gasteiger partial charge in [-0.3, -0.25) is 9.69 Å². The SMILES string of the molecule is CN1CCN(C2CN(c3nc(-c4c(F)cccc4Cl)c(Cl)c4c3C(=O)N3CCNCC3CO4)C(C)(C)C2)CC1. The van der Waals surface area contributed by atoms with E-state index in [-0.39, 0.29) is 51.1 Å². The van der Waals surface area contributed by atoms with Crippen molar-refractivity contribution in [3.8, 4) is 17.0 Å². The summed E-state index contributed by atoms with van der Waals surface area (Å²) in [6.07, 6.45) is 0.914. The van der Waals surface area contributed by atoms with Crippen LogP contribution in [0, 0.1) is 5.82 Å². The van der Waals surface area contributed by atoms with Gasteiger partial charge in [0.05, 0.1) is 22.3 Å². The first-order valence-electron chi connectivity index (χ1n) is 13.7. The van der Waals surface area contributed by atoms with E-state index in [0.29, 0.717) is 43.6 Å². The van der Waals surface area contributed by atoms with Crippen molar-refractivity contribution in [3.05, 3.63) is 39.6 Å². The molecule has 2 unspecified atom stereocenters. The van der Waals surface area contributed by atoms with Crippen LogP contribution in [-0.2, 0) is 0 Å². The molecule has 0 radical (unpaired) electrons. The van der Waals surface area contributed by atoms with Gasteiger partial charge in [-0.25, -0.2) is 9.37 Å². The number of carbonyl (C=O) groups is 1. The van der Waals surface area contributed by atoms with Gasteiger partial charge in [0, 0.05) is 63.9 Å². The number of nitrogens with zero attached hydrogens (tertiary/aromatic N) is 5. The molecule has 1 aromatic heterocycles. The van der Waals surface area contributed by atoms with Gasteiger partial charge < -0.3 is 24.8 Å². The summed E-state index contributed by atoms with van der Waals surface area (Å²) in [7, 11) is 2.15. The van der Waals surface area contributed by atoms with Crippen LogP contribution in [0.15, 0.2) is 18.2 Å². The number of piperazine rings is 2. The third-order valence-electron chi connectivity index (χ3n) is 8.69. The number of nitrogens with one attached hydrogen (secondary N) is 1. The molecule has 2 aromatic rings. The fourth-order valence-electron chi connectivity index (χ4n) is 6.46. The molecule has 4 aliphatic heterocycles. The van der Waals surface area contributed by atoms with E-state index >= 15 is 4.39 Å². The molecule has 3 saturated heterocycles. The van der Waals surface area contributed by atoms with Crippen molar-refractivity contribution in [2.75, 3.05) is 70.9 Å². The third kappa shape index (κ3) is 4.76. The number of aromatic nitrogens is 1. The van der Waals surface area contributed by atoms with Gasteiger partial charge >= 0.3 is 0 Å². The number of hydrogen-bond acceptors (Lipinski definition) is 7. The highest BCUT2D eigenvalue weighted by molar-refractivity contribution is 6.37. The topological polar surface area (TPSA) is 64.2 Å². The summed E-state index contributed by atoms with van der Waals surface area (Å²) in [6, 6.07) is 4.67. The number of amides is 1. The highest BCUT2D eigenvalue weighted by atomic mass is 35.5. The zero-order valence-corrected chi connectivity index (χ0v) is 24.2. The molecule has 8 nitrogen and oxygen atoms in total. The van der Waals surface area contributed by atoms with Crippen molar-refractivity contribution in [2.45, 2.75) is 37.9 Å². The third-order valence-corrected chi connectivity index (χ3v) is 9.35. The van der Waals surface area contributed by atoms with Crippen molar-refractivity contribution in [3.63, 3.8) is 0 Å². The zero-order chi connectivity index (χ0) is 27.5. The van der Waals surface area contributed by atoms with E-state index in [9.17, 15) is 4.79 Å². The molecule has 6 rings (SSSR count). The van der Waals surface area contributed by atoms with Crippen molar-refractivity contribution >= 4 is 34.9 Å². The molecule has 0 spiro atoms. The van der Waals surface area contributed by atoms with Crippen LogP contribution in [0.3, 0.4) is 0 Å². The molecule has 11 heteroatoms. The lowest BCUT2D eigenvalue weighted by Gasteiger charge is -2.36. The Morgan fingerprint density at radius 3 is 2.62 bits per heavy atom. The fourth-order valence-corrected chi connectivity index (χ4v) is 7.00. The molecule has 39 heavy (non-hydrogen) atoms. The number of rotatable bonds is 3. The van der Waals surface area contributed by atoms with Crippen LogP contribution < -0.4 is 15.0 Å². The van der Waals surface area contributed by atoms with E-state index in [1.165, 1.54) is 6.07 Å². The van der Waals surface area contributed by atoms with Crippen LogP contribution in [0.5, 0.6) is 5.75 Å². The number of pyridine rings is 1. The lowest BCUT2D eigenvalue weighted by molar-refractivity contribution is 0.0606. The molecule has 2 atom stereocenters. The Labute approximate surface area is 239 Å². The van der Waals surface area contributed by atoms with Crippen LogP contribution in [-0.4, -0.2) is 109 Å². The maximum absolute atomic E-state index is 15.2. The second-order valence-electron chi connectivity index (χ2n) is 11.7. The van der Waals surface area contributed by atoms with Gasteiger partial charge in [0.1, 0.15) is 28.8 Å². The number of likely N-dealkylation sites (N-methyl/N-ethyl adjacent to an activating group) is 1. The number of hydrogen-bond donors (Lipinski definition) is 1. The minimum atomic E-state index is -0.527. The molecule has 210 valence electrons. The van der Waals surface area contributed by atoms with E-state index in [1.807, 2.05) is 4.90 Å². The Morgan fingerprint density at radius 2 is 1.87 bits per heavy atom. The Balaban J connectivity index is 1.50. The predicted molar refractivity (Wildman–Crippen MR) is 152 cm³/mol. The van der Waals surface area contributed by atoms with Gasteiger partial charge in [-0.2, -0.15) is 0 Å². The van der Waals surface area contributed by atoms with Gasteiger partial charge in [0.15, 0.2) is 5.75 Å². The maximum atomic E-state index is 15.2. The van der Waals surface area contributed by atoms with Crippen LogP contribution in [0.4, 0.5) is 10.2 Å². The molecule has 3 fully saturated rings. The smallest absolute Gasteiger partial charge is 0.261 e. The standard InChI is InChI=1S/C28H35Cl2FN6O2/c1-28(2)13-17(35-11-9-34(3)10-12-35)15-37(28)26-22-25(39-16-18-14-32-7-8-36(18)27(22)38)23(30)24(33-26)21-19(29)5-4-6-20(21)31/h4-6,17-18,32H,7-16H2,1-3H3. The minimum absolute atomic E-state index is 0.106. The molecule has 1 N–H and O–H groups in total. The first kappa shape index (κ1) is 27.0. The minimum Gasteiger partial charge on any atom is -0.489 e. The van der Waals surface area contributed by atoms with Gasteiger partial charge in [-0.05, 0) is 39.4 Å². The van der Waals surface area contributed by atoms with Crippen LogP contribution >= 0.6 is 23.2 Å². The highest BCUT2D eigenvalue weighted by Gasteiger charge is 2.46. The Kier molecular flexibility index (Phi) is 7.17. The Morgan fingerprint density at radius 1 is 1.10 bits per heavy atom. The summed E-state index contributed by atoms with van der Waals surface area (Å²) in [5.74, 6) is 0.0626. The fraction of sp³-hybridized carbons (Fsp3) is 0.571. The number of carbonyl (C=O) groups excluding carboxylic acids is 1. The van der Waals surface area contributed by atoms with E-state index < -0.39 is 5.82 Å². The lowest BCUT2D eigenvalue weighted by Crippen LogP contribution is -2.55. The normalized spacial score (nSPS) is 25.7. The number of halogens is 3. The van der Waals surface area contributed by atoms with Crippen LogP contribution in [0.2, 0.25) is 10.0 Å². The van der Waals surface area contributed by atoms with E-state index in [0.717, 1.165) is 32.6 Å². The Bertz CT molecular complexity index is 1260. The highest BCUT2D eigenvalue weighted by Crippen LogP contribution is 2.48. The molecule has 5 heterocycles. The molecule has 0 aliphatic carbocycles. The number of anilines is 1. The van der Waals surface area contributed by atoms with E-state index in [1.54, 1.807) is 12.1 Å². The zero-order valence-electron chi connectivity index (χ0n) is 22.6. The van der Waals surface area contributed by atoms with Crippen LogP contribution in [0.1, 0.15) is 30.6 Å².